The summed E-state index contributed by atoms with van der Waals surface area (Å²) in [7, 11) is 2.14. The molecular formula is C24H30N4OS. The van der Waals surface area contributed by atoms with E-state index in [9.17, 15) is 0 Å². The molecule has 5 nitrogen and oxygen atoms in total. The van der Waals surface area contributed by atoms with Crippen LogP contribution in [0.2, 0.25) is 0 Å². The molecule has 158 valence electrons. The second-order valence-electron chi connectivity index (χ2n) is 8.03. The third-order valence-electron chi connectivity index (χ3n) is 5.66. The van der Waals surface area contributed by atoms with Crippen LogP contribution in [-0.2, 0) is 24.4 Å². The molecule has 1 fully saturated rings. The highest BCUT2D eigenvalue weighted by atomic mass is 32.2. The van der Waals surface area contributed by atoms with Gasteiger partial charge in [-0.05, 0) is 55.3 Å². The molecular weight excluding hydrogens is 392 g/mol. The fourth-order valence-electron chi connectivity index (χ4n) is 4.06. The minimum atomic E-state index is 0.282. The zero-order valence-corrected chi connectivity index (χ0v) is 18.9. The van der Waals surface area contributed by atoms with Crippen molar-refractivity contribution in [2.45, 2.75) is 50.7 Å². The van der Waals surface area contributed by atoms with Crippen LogP contribution in [0.1, 0.15) is 29.8 Å². The molecule has 0 bridgehead atoms. The summed E-state index contributed by atoms with van der Waals surface area (Å²) >= 11 is 1.65. The molecule has 4 rings (SSSR count). The molecule has 2 heterocycles. The molecule has 1 aromatic heterocycles. The van der Waals surface area contributed by atoms with Gasteiger partial charge in [0.15, 0.2) is 5.16 Å². The topological polar surface area (TPSA) is 43.2 Å². The standard InChI is InChI=1S/C24H30N4OS/c1-18-7-4-5-9-22(18)20-12-10-19(11-13-20)15-27(2)17-23-25-26-24(30-3)28(23)16-21-8-6-14-29-21/h4-5,7,9-13,21H,6,8,14-17H2,1-3H3/t21-/m0/s1. The van der Waals surface area contributed by atoms with Crippen molar-refractivity contribution in [1.29, 1.82) is 0 Å². The molecule has 0 radical (unpaired) electrons. The van der Waals surface area contributed by atoms with Gasteiger partial charge in [0, 0.05) is 13.2 Å². The first-order chi connectivity index (χ1) is 14.6. The molecule has 1 atom stereocenters. The Labute approximate surface area is 183 Å². The van der Waals surface area contributed by atoms with Crippen LogP contribution >= 0.6 is 11.8 Å². The van der Waals surface area contributed by atoms with Crippen LogP contribution in [0.25, 0.3) is 11.1 Å². The monoisotopic (exact) mass is 422 g/mol. The minimum absolute atomic E-state index is 0.282. The number of thioether (sulfide) groups is 1. The van der Waals surface area contributed by atoms with Gasteiger partial charge >= 0.3 is 0 Å². The van der Waals surface area contributed by atoms with Crippen LogP contribution in [0.3, 0.4) is 0 Å². The largest absolute Gasteiger partial charge is 0.376 e. The summed E-state index contributed by atoms with van der Waals surface area (Å²) < 4.78 is 8.07. The maximum Gasteiger partial charge on any atom is 0.191 e. The minimum Gasteiger partial charge on any atom is -0.376 e. The Hall–Kier alpha value is -2.15. The summed E-state index contributed by atoms with van der Waals surface area (Å²) in [6.45, 7) is 5.51. The van der Waals surface area contributed by atoms with Gasteiger partial charge in [0.1, 0.15) is 5.82 Å². The van der Waals surface area contributed by atoms with Crippen molar-refractivity contribution in [3.8, 4) is 11.1 Å². The fraction of sp³-hybridized carbons (Fsp3) is 0.417. The number of hydrogen-bond acceptors (Lipinski definition) is 5. The Morgan fingerprint density at radius 3 is 2.60 bits per heavy atom. The van der Waals surface area contributed by atoms with E-state index in [1.54, 1.807) is 11.8 Å². The van der Waals surface area contributed by atoms with Crippen LogP contribution in [0.5, 0.6) is 0 Å². The van der Waals surface area contributed by atoms with E-state index < -0.39 is 0 Å². The average molecular weight is 423 g/mol. The first-order valence-corrected chi connectivity index (χ1v) is 11.8. The second-order valence-corrected chi connectivity index (χ2v) is 8.81. The van der Waals surface area contributed by atoms with Crippen molar-refractivity contribution in [3.63, 3.8) is 0 Å². The maximum absolute atomic E-state index is 5.84. The molecule has 1 aliphatic heterocycles. The van der Waals surface area contributed by atoms with Crippen molar-refractivity contribution in [2.75, 3.05) is 19.9 Å². The molecule has 0 amide bonds. The molecule has 0 saturated carbocycles. The van der Waals surface area contributed by atoms with Crippen LogP contribution in [-0.4, -0.2) is 45.7 Å². The molecule has 0 unspecified atom stereocenters. The van der Waals surface area contributed by atoms with Crippen molar-refractivity contribution in [2.24, 2.45) is 0 Å². The normalized spacial score (nSPS) is 16.5. The lowest BCUT2D eigenvalue weighted by molar-refractivity contribution is 0.0934. The highest BCUT2D eigenvalue weighted by molar-refractivity contribution is 7.98. The lowest BCUT2D eigenvalue weighted by Gasteiger charge is -2.19. The van der Waals surface area contributed by atoms with Crippen molar-refractivity contribution >= 4 is 11.8 Å². The molecule has 0 N–H and O–H groups in total. The number of ether oxygens (including phenoxy) is 1. The Morgan fingerprint density at radius 2 is 1.90 bits per heavy atom. The predicted molar refractivity (Wildman–Crippen MR) is 123 cm³/mol. The van der Waals surface area contributed by atoms with E-state index in [4.69, 9.17) is 4.74 Å². The first-order valence-electron chi connectivity index (χ1n) is 10.5. The van der Waals surface area contributed by atoms with Crippen LogP contribution in [0.4, 0.5) is 0 Å². The molecule has 3 aromatic rings. The fourth-order valence-corrected chi connectivity index (χ4v) is 4.58. The number of nitrogens with zero attached hydrogens (tertiary/aromatic N) is 4. The average Bonchev–Trinajstić information content (AvgIpc) is 3.40. The molecule has 0 aliphatic carbocycles. The van der Waals surface area contributed by atoms with E-state index in [0.717, 1.165) is 50.1 Å². The first kappa shape index (κ1) is 21.1. The molecule has 1 saturated heterocycles. The zero-order chi connectivity index (χ0) is 20.9. The third kappa shape index (κ3) is 4.94. The molecule has 6 heteroatoms. The van der Waals surface area contributed by atoms with Gasteiger partial charge in [0.2, 0.25) is 0 Å². The van der Waals surface area contributed by atoms with Gasteiger partial charge in [-0.15, -0.1) is 10.2 Å². The summed E-state index contributed by atoms with van der Waals surface area (Å²) in [6, 6.07) is 17.4. The Morgan fingerprint density at radius 1 is 1.10 bits per heavy atom. The molecule has 30 heavy (non-hydrogen) atoms. The summed E-state index contributed by atoms with van der Waals surface area (Å²) in [5, 5.41) is 9.82. The highest BCUT2D eigenvalue weighted by Gasteiger charge is 2.21. The van der Waals surface area contributed by atoms with Gasteiger partial charge in [0.05, 0.1) is 19.2 Å². The van der Waals surface area contributed by atoms with E-state index in [1.165, 1.54) is 22.3 Å². The van der Waals surface area contributed by atoms with Crippen LogP contribution in [0.15, 0.2) is 53.7 Å². The Kier molecular flexibility index (Phi) is 6.87. The summed E-state index contributed by atoms with van der Waals surface area (Å²) in [6.07, 6.45) is 4.60. The quantitative estimate of drug-likeness (QED) is 0.489. The SMILES string of the molecule is CSc1nnc(CN(C)Cc2ccc(-c3ccccc3C)cc2)n1C[C@@H]1CCCO1. The van der Waals surface area contributed by atoms with Crippen LogP contribution in [0, 0.1) is 6.92 Å². The maximum atomic E-state index is 5.84. The van der Waals surface area contributed by atoms with Gasteiger partial charge < -0.3 is 9.30 Å². The second kappa shape index (κ2) is 9.77. The Balaban J connectivity index is 1.42. The van der Waals surface area contributed by atoms with Crippen LogP contribution < -0.4 is 0 Å². The summed E-state index contributed by atoms with van der Waals surface area (Å²) in [5.74, 6) is 1.01. The van der Waals surface area contributed by atoms with E-state index in [-0.39, 0.29) is 6.10 Å². The van der Waals surface area contributed by atoms with Gasteiger partial charge in [-0.3, -0.25) is 4.90 Å². The summed E-state index contributed by atoms with van der Waals surface area (Å²) in [5.41, 5.74) is 5.16. The number of benzene rings is 2. The van der Waals surface area contributed by atoms with Crippen molar-refractivity contribution < 1.29 is 4.74 Å². The predicted octanol–water partition coefficient (Wildman–Crippen LogP) is 4.79. The molecule has 2 aromatic carbocycles. The van der Waals surface area contributed by atoms with Crippen molar-refractivity contribution in [3.05, 3.63) is 65.5 Å². The number of rotatable bonds is 8. The highest BCUT2D eigenvalue weighted by Crippen LogP contribution is 2.24. The zero-order valence-electron chi connectivity index (χ0n) is 18.0. The van der Waals surface area contributed by atoms with E-state index in [0.29, 0.717) is 0 Å². The van der Waals surface area contributed by atoms with E-state index in [2.05, 4.69) is 88.4 Å². The molecule has 0 spiro atoms. The third-order valence-corrected chi connectivity index (χ3v) is 6.33. The van der Waals surface area contributed by atoms with Crippen molar-refractivity contribution in [1.82, 2.24) is 19.7 Å². The van der Waals surface area contributed by atoms with Gasteiger partial charge in [-0.1, -0.05) is 60.3 Å². The Bertz CT molecular complexity index is 964. The summed E-state index contributed by atoms with van der Waals surface area (Å²) in [4.78, 5) is 2.29. The van der Waals surface area contributed by atoms with E-state index >= 15 is 0 Å². The number of aryl methyl sites for hydroxylation is 1. The lowest BCUT2D eigenvalue weighted by atomic mass is 9.99. The van der Waals surface area contributed by atoms with Gasteiger partial charge in [-0.2, -0.15) is 0 Å². The number of aromatic nitrogens is 3. The van der Waals surface area contributed by atoms with Gasteiger partial charge in [-0.25, -0.2) is 0 Å². The van der Waals surface area contributed by atoms with E-state index in [1.807, 2.05) is 0 Å². The smallest absolute Gasteiger partial charge is 0.191 e. The number of hydrogen-bond donors (Lipinski definition) is 0. The molecule has 1 aliphatic rings. The lowest BCUT2D eigenvalue weighted by Crippen LogP contribution is -2.23. The van der Waals surface area contributed by atoms with Gasteiger partial charge in [0.25, 0.3) is 0 Å².